The maximum Gasteiger partial charge on any atom is 0.278 e. The van der Waals surface area contributed by atoms with Gasteiger partial charge in [0.25, 0.3) is 17.7 Å². The lowest BCUT2D eigenvalue weighted by molar-refractivity contribution is -0.134. The van der Waals surface area contributed by atoms with Crippen molar-refractivity contribution >= 4 is 34.6 Å². The second-order valence-electron chi connectivity index (χ2n) is 8.36. The van der Waals surface area contributed by atoms with E-state index in [2.05, 4.69) is 15.1 Å². The molecule has 1 atom stereocenters. The van der Waals surface area contributed by atoms with E-state index in [0.717, 1.165) is 23.5 Å². The number of piperidine rings is 1. The molecule has 2 aliphatic heterocycles. The highest BCUT2D eigenvalue weighted by Crippen LogP contribution is 2.37. The molecule has 3 aromatic rings. The van der Waals surface area contributed by atoms with Crippen molar-refractivity contribution in [3.05, 3.63) is 63.1 Å². The fourth-order valence-electron chi connectivity index (χ4n) is 4.28. The van der Waals surface area contributed by atoms with E-state index in [0.29, 0.717) is 35.8 Å². The number of oxime groups is 1. The lowest BCUT2D eigenvalue weighted by Gasteiger charge is -2.31. The van der Waals surface area contributed by atoms with E-state index in [9.17, 15) is 9.18 Å². The normalized spacial score (nSPS) is 18.0. The van der Waals surface area contributed by atoms with Crippen LogP contribution in [-0.4, -0.2) is 58.3 Å². The second-order valence-corrected chi connectivity index (χ2v) is 9.63. The van der Waals surface area contributed by atoms with Crippen LogP contribution in [0.15, 0.2) is 41.1 Å². The Labute approximate surface area is 215 Å². The molecule has 1 unspecified atom stereocenters. The SMILES string of the molecule is COc1nccnc1OCC(=O)N1CCC(c2csc(C3=NOC(c4c(F)cccc4Cl)C3)n2)CC1. The van der Waals surface area contributed by atoms with Gasteiger partial charge in [-0.2, -0.15) is 0 Å². The van der Waals surface area contributed by atoms with Crippen LogP contribution in [0.5, 0.6) is 11.8 Å². The summed E-state index contributed by atoms with van der Waals surface area (Å²) in [7, 11) is 1.47. The van der Waals surface area contributed by atoms with Gasteiger partial charge >= 0.3 is 0 Å². The van der Waals surface area contributed by atoms with Gasteiger partial charge in [-0.05, 0) is 25.0 Å². The Kier molecular flexibility index (Phi) is 7.28. The number of hydrogen-bond donors (Lipinski definition) is 0. The van der Waals surface area contributed by atoms with Gasteiger partial charge in [-0.1, -0.05) is 22.8 Å². The highest BCUT2D eigenvalue weighted by molar-refractivity contribution is 7.11. The first-order valence-electron chi connectivity index (χ1n) is 11.4. The molecule has 2 aliphatic rings. The van der Waals surface area contributed by atoms with Crippen molar-refractivity contribution in [3.63, 3.8) is 0 Å². The molecule has 1 fully saturated rings. The van der Waals surface area contributed by atoms with Crippen molar-refractivity contribution in [2.45, 2.75) is 31.3 Å². The zero-order valence-corrected chi connectivity index (χ0v) is 21.0. The topological polar surface area (TPSA) is 99.0 Å². The number of carbonyl (C=O) groups is 1. The van der Waals surface area contributed by atoms with E-state index >= 15 is 0 Å². The van der Waals surface area contributed by atoms with Crippen LogP contribution in [0.4, 0.5) is 4.39 Å². The lowest BCUT2D eigenvalue weighted by Crippen LogP contribution is -2.40. The number of likely N-dealkylation sites (tertiary alicyclic amines) is 1. The monoisotopic (exact) mass is 531 g/mol. The van der Waals surface area contributed by atoms with Crippen LogP contribution in [0.2, 0.25) is 5.02 Å². The Hall–Kier alpha value is -3.31. The number of methoxy groups -OCH3 is 1. The molecule has 1 aromatic carbocycles. The summed E-state index contributed by atoms with van der Waals surface area (Å²) in [6.07, 6.45) is 4.39. The average Bonchev–Trinajstić information content (AvgIpc) is 3.58. The van der Waals surface area contributed by atoms with Crippen molar-refractivity contribution < 1.29 is 23.5 Å². The molecule has 2 aromatic heterocycles. The van der Waals surface area contributed by atoms with E-state index in [1.165, 1.54) is 36.9 Å². The molecule has 0 N–H and O–H groups in total. The first kappa shape index (κ1) is 24.4. The van der Waals surface area contributed by atoms with Gasteiger partial charge in [-0.15, -0.1) is 11.3 Å². The van der Waals surface area contributed by atoms with E-state index in [-0.39, 0.29) is 30.2 Å². The van der Waals surface area contributed by atoms with E-state index in [1.54, 1.807) is 17.0 Å². The van der Waals surface area contributed by atoms with Crippen molar-refractivity contribution in [3.8, 4) is 11.8 Å². The van der Waals surface area contributed by atoms with E-state index < -0.39 is 11.9 Å². The highest BCUT2D eigenvalue weighted by atomic mass is 35.5. The number of benzene rings is 1. The van der Waals surface area contributed by atoms with Crippen molar-refractivity contribution in [1.29, 1.82) is 0 Å². The highest BCUT2D eigenvalue weighted by Gasteiger charge is 2.31. The summed E-state index contributed by atoms with van der Waals surface area (Å²) in [6, 6.07) is 4.56. The maximum absolute atomic E-state index is 14.3. The molecule has 36 heavy (non-hydrogen) atoms. The third-order valence-corrected chi connectivity index (χ3v) is 7.42. The minimum Gasteiger partial charge on any atom is -0.477 e. The minimum absolute atomic E-state index is 0.115. The van der Waals surface area contributed by atoms with Gasteiger partial charge in [0, 0.05) is 48.8 Å². The quantitative estimate of drug-likeness (QED) is 0.446. The fraction of sp³-hybridized carbons (Fsp3) is 0.375. The lowest BCUT2D eigenvalue weighted by atomic mass is 9.94. The largest absolute Gasteiger partial charge is 0.477 e. The molecular weight excluding hydrogens is 509 g/mol. The molecule has 0 aliphatic carbocycles. The van der Waals surface area contributed by atoms with Crippen LogP contribution in [0.3, 0.4) is 0 Å². The molecule has 1 amide bonds. The fourth-order valence-corrected chi connectivity index (χ4v) is 5.46. The summed E-state index contributed by atoms with van der Waals surface area (Å²) in [5.74, 6) is 0.141. The summed E-state index contributed by atoms with van der Waals surface area (Å²) < 4.78 is 24.9. The molecular formula is C24H23ClFN5O4S. The van der Waals surface area contributed by atoms with Gasteiger partial charge in [0.05, 0.1) is 17.8 Å². The second kappa shape index (κ2) is 10.8. The molecule has 12 heteroatoms. The number of aromatic nitrogens is 3. The Morgan fingerprint density at radius 1 is 1.25 bits per heavy atom. The number of amides is 1. The van der Waals surface area contributed by atoms with Crippen LogP contribution in [0, 0.1) is 5.82 Å². The zero-order chi connectivity index (χ0) is 25.1. The van der Waals surface area contributed by atoms with Gasteiger partial charge in [0.2, 0.25) is 0 Å². The average molecular weight is 532 g/mol. The summed E-state index contributed by atoms with van der Waals surface area (Å²) in [4.78, 5) is 32.7. The third kappa shape index (κ3) is 5.12. The Morgan fingerprint density at radius 2 is 2.03 bits per heavy atom. The first-order valence-corrected chi connectivity index (χ1v) is 12.7. The number of thiazole rings is 1. The van der Waals surface area contributed by atoms with Crippen molar-refractivity contribution in [1.82, 2.24) is 19.9 Å². The molecule has 0 spiro atoms. The van der Waals surface area contributed by atoms with Gasteiger partial charge in [0.15, 0.2) is 12.7 Å². The van der Waals surface area contributed by atoms with Gasteiger partial charge in [-0.3, -0.25) is 4.79 Å². The van der Waals surface area contributed by atoms with Gasteiger partial charge in [0.1, 0.15) is 16.5 Å². The van der Waals surface area contributed by atoms with Crippen molar-refractivity contribution in [2.24, 2.45) is 5.16 Å². The van der Waals surface area contributed by atoms with Crippen molar-refractivity contribution in [2.75, 3.05) is 26.8 Å². The predicted octanol–water partition coefficient (Wildman–Crippen LogP) is 4.38. The Morgan fingerprint density at radius 3 is 2.78 bits per heavy atom. The van der Waals surface area contributed by atoms with Crippen LogP contribution in [0.1, 0.15) is 47.5 Å². The zero-order valence-electron chi connectivity index (χ0n) is 19.4. The van der Waals surface area contributed by atoms with Gasteiger partial charge < -0.3 is 19.2 Å². The molecule has 188 valence electrons. The molecule has 0 radical (unpaired) electrons. The molecule has 1 saturated heterocycles. The standard InChI is InChI=1S/C24H23ClFN5O4S/c1-33-22-23(28-8-7-27-22)34-12-20(32)31-9-5-14(6-10-31)18-13-36-24(29-18)17-11-19(35-30-17)21-15(25)3-2-4-16(21)26/h2-4,7-8,13-14,19H,5-6,9-12H2,1H3. The predicted molar refractivity (Wildman–Crippen MR) is 131 cm³/mol. The Balaban J connectivity index is 1.14. The molecule has 4 heterocycles. The third-order valence-electron chi connectivity index (χ3n) is 6.18. The summed E-state index contributed by atoms with van der Waals surface area (Å²) >= 11 is 7.66. The van der Waals surface area contributed by atoms with Crippen LogP contribution < -0.4 is 9.47 Å². The number of nitrogens with zero attached hydrogens (tertiary/aromatic N) is 5. The van der Waals surface area contributed by atoms with Crippen LogP contribution in [0.25, 0.3) is 0 Å². The first-order chi connectivity index (χ1) is 17.5. The molecule has 0 bridgehead atoms. The number of hydrogen-bond acceptors (Lipinski definition) is 9. The number of ether oxygens (including phenoxy) is 2. The van der Waals surface area contributed by atoms with Crippen LogP contribution >= 0.6 is 22.9 Å². The summed E-state index contributed by atoms with van der Waals surface area (Å²) in [5, 5.41) is 7.24. The van der Waals surface area contributed by atoms with E-state index in [1.807, 2.05) is 5.38 Å². The number of halogens is 2. The van der Waals surface area contributed by atoms with E-state index in [4.69, 9.17) is 30.9 Å². The number of rotatable bonds is 7. The molecule has 0 saturated carbocycles. The van der Waals surface area contributed by atoms with Gasteiger partial charge in [-0.25, -0.2) is 19.3 Å². The Bertz CT molecular complexity index is 1260. The molecule has 5 rings (SSSR count). The smallest absolute Gasteiger partial charge is 0.278 e. The summed E-state index contributed by atoms with van der Waals surface area (Å²) in [6.45, 7) is 1.08. The summed E-state index contributed by atoms with van der Waals surface area (Å²) in [5.41, 5.74) is 1.96. The number of carbonyl (C=O) groups excluding carboxylic acids is 1. The minimum atomic E-state index is -0.570. The molecule has 9 nitrogen and oxygen atoms in total. The maximum atomic E-state index is 14.3. The van der Waals surface area contributed by atoms with Crippen LogP contribution in [-0.2, 0) is 9.63 Å².